The van der Waals surface area contributed by atoms with E-state index in [9.17, 15) is 17.2 Å². The number of hydrogen-bond donors (Lipinski definition) is 1. The highest BCUT2D eigenvalue weighted by molar-refractivity contribution is 7.89. The summed E-state index contributed by atoms with van der Waals surface area (Å²) in [6, 6.07) is 1.95. The van der Waals surface area contributed by atoms with Gasteiger partial charge in [-0.05, 0) is 33.3 Å². The third kappa shape index (κ3) is 4.14. The molecule has 2 rings (SSSR count). The Labute approximate surface area is 133 Å². The maximum Gasteiger partial charge on any atom is 0.333 e. The molecule has 7 nitrogen and oxygen atoms in total. The van der Waals surface area contributed by atoms with Crippen LogP contribution in [0, 0.1) is 13.8 Å². The van der Waals surface area contributed by atoms with Crippen LogP contribution >= 0.6 is 0 Å². The van der Waals surface area contributed by atoms with E-state index in [1.165, 1.54) is 0 Å². The van der Waals surface area contributed by atoms with Crippen molar-refractivity contribution in [1.82, 2.24) is 24.3 Å². The summed E-state index contributed by atoms with van der Waals surface area (Å²) >= 11 is 0. The van der Waals surface area contributed by atoms with Crippen LogP contribution in [0.4, 0.5) is 8.78 Å². The van der Waals surface area contributed by atoms with E-state index in [1.807, 2.05) is 31.5 Å². The van der Waals surface area contributed by atoms with Gasteiger partial charge < -0.3 is 0 Å². The number of alkyl halides is 2. The van der Waals surface area contributed by atoms with E-state index in [1.54, 1.807) is 0 Å². The molecule has 1 atom stereocenters. The lowest BCUT2D eigenvalue weighted by molar-refractivity contribution is 0.0564. The van der Waals surface area contributed by atoms with Crippen molar-refractivity contribution in [3.8, 4) is 0 Å². The second-order valence-corrected chi connectivity index (χ2v) is 7.11. The van der Waals surface area contributed by atoms with E-state index >= 15 is 0 Å². The summed E-state index contributed by atoms with van der Waals surface area (Å²) in [4.78, 5) is -0.281. The van der Waals surface area contributed by atoms with E-state index in [2.05, 4.69) is 14.9 Å². The summed E-state index contributed by atoms with van der Waals surface area (Å²) in [6.07, 6.45) is 2.22. The number of aromatic nitrogens is 4. The molecule has 0 fully saturated rings. The van der Waals surface area contributed by atoms with Crippen LogP contribution < -0.4 is 4.72 Å². The topological polar surface area (TPSA) is 81.8 Å². The number of sulfonamides is 1. The van der Waals surface area contributed by atoms with Gasteiger partial charge in [0.25, 0.3) is 0 Å². The van der Waals surface area contributed by atoms with Crippen molar-refractivity contribution in [3.05, 3.63) is 29.8 Å². The Hall–Kier alpha value is -1.81. The minimum atomic E-state index is -3.85. The van der Waals surface area contributed by atoms with Crippen LogP contribution in [-0.2, 0) is 10.0 Å². The van der Waals surface area contributed by atoms with Crippen molar-refractivity contribution in [1.29, 1.82) is 0 Å². The number of rotatable bonds is 7. The SMILES string of the molecule is Cc1cc(C)n([C@H](C)CCNS(=O)(=O)c2cnn(C(F)F)c2)n1. The molecular weight excluding hydrogens is 328 g/mol. The summed E-state index contributed by atoms with van der Waals surface area (Å²) in [6.45, 7) is 3.05. The molecular formula is C13H19F2N5O2S. The van der Waals surface area contributed by atoms with Crippen molar-refractivity contribution in [2.24, 2.45) is 0 Å². The second-order valence-electron chi connectivity index (χ2n) is 5.34. The first-order valence-corrected chi connectivity index (χ1v) is 8.54. The van der Waals surface area contributed by atoms with Crippen LogP contribution in [0.1, 0.15) is 37.3 Å². The Morgan fingerprint density at radius 2 is 2.04 bits per heavy atom. The first kappa shape index (κ1) is 17.5. The highest BCUT2D eigenvalue weighted by Crippen LogP contribution is 2.15. The average Bonchev–Trinajstić information content (AvgIpc) is 3.05. The largest absolute Gasteiger partial charge is 0.333 e. The van der Waals surface area contributed by atoms with Crippen molar-refractivity contribution >= 4 is 10.0 Å². The summed E-state index contributed by atoms with van der Waals surface area (Å²) in [5.74, 6) is 0. The number of hydrogen-bond acceptors (Lipinski definition) is 4. The van der Waals surface area contributed by atoms with Gasteiger partial charge in [-0.25, -0.2) is 17.8 Å². The van der Waals surface area contributed by atoms with Gasteiger partial charge >= 0.3 is 6.55 Å². The molecule has 0 unspecified atom stereocenters. The molecule has 0 aliphatic heterocycles. The fraction of sp³-hybridized carbons (Fsp3) is 0.538. The molecule has 0 aromatic carbocycles. The predicted molar refractivity (Wildman–Crippen MR) is 79.7 cm³/mol. The predicted octanol–water partition coefficient (Wildman–Crippen LogP) is 2.02. The quantitative estimate of drug-likeness (QED) is 0.831. The molecule has 0 amide bonds. The molecule has 2 aromatic heterocycles. The van der Waals surface area contributed by atoms with Gasteiger partial charge in [-0.15, -0.1) is 0 Å². The van der Waals surface area contributed by atoms with Gasteiger partial charge in [0.15, 0.2) is 0 Å². The van der Waals surface area contributed by atoms with E-state index in [0.717, 1.165) is 23.8 Å². The number of halogens is 2. The van der Waals surface area contributed by atoms with E-state index in [-0.39, 0.29) is 17.5 Å². The van der Waals surface area contributed by atoms with Gasteiger partial charge in [0.05, 0.1) is 24.1 Å². The van der Waals surface area contributed by atoms with Crippen LogP contribution in [0.3, 0.4) is 0 Å². The summed E-state index contributed by atoms with van der Waals surface area (Å²) in [5.41, 5.74) is 1.89. The highest BCUT2D eigenvalue weighted by atomic mass is 32.2. The molecule has 2 aromatic rings. The van der Waals surface area contributed by atoms with Gasteiger partial charge in [-0.1, -0.05) is 0 Å². The van der Waals surface area contributed by atoms with E-state index in [0.29, 0.717) is 11.1 Å². The molecule has 23 heavy (non-hydrogen) atoms. The summed E-state index contributed by atoms with van der Waals surface area (Å²) in [5, 5.41) is 7.67. The molecule has 0 radical (unpaired) electrons. The Morgan fingerprint density at radius 1 is 1.35 bits per heavy atom. The third-order valence-electron chi connectivity index (χ3n) is 3.40. The van der Waals surface area contributed by atoms with Gasteiger partial charge in [0.1, 0.15) is 4.90 Å². The molecule has 0 spiro atoms. The molecule has 0 saturated carbocycles. The fourth-order valence-corrected chi connectivity index (χ4v) is 3.25. The maximum atomic E-state index is 12.4. The number of aryl methyl sites for hydroxylation is 2. The smallest absolute Gasteiger partial charge is 0.267 e. The number of nitrogens with zero attached hydrogens (tertiary/aromatic N) is 4. The van der Waals surface area contributed by atoms with Crippen molar-refractivity contribution in [3.63, 3.8) is 0 Å². The zero-order valence-corrected chi connectivity index (χ0v) is 13.9. The molecule has 1 N–H and O–H groups in total. The Morgan fingerprint density at radius 3 is 2.57 bits per heavy atom. The lowest BCUT2D eigenvalue weighted by Gasteiger charge is -2.14. The molecule has 128 valence electrons. The monoisotopic (exact) mass is 347 g/mol. The van der Waals surface area contributed by atoms with E-state index < -0.39 is 16.6 Å². The second kappa shape index (κ2) is 6.75. The molecule has 0 aliphatic rings. The molecule has 0 aliphatic carbocycles. The first-order chi connectivity index (χ1) is 10.7. The lowest BCUT2D eigenvalue weighted by Crippen LogP contribution is -2.26. The molecule has 10 heteroatoms. The lowest BCUT2D eigenvalue weighted by atomic mass is 10.2. The summed E-state index contributed by atoms with van der Waals surface area (Å²) < 4.78 is 53.4. The number of nitrogens with one attached hydrogen (secondary N) is 1. The third-order valence-corrected chi connectivity index (χ3v) is 4.82. The minimum absolute atomic E-state index is 0.00943. The molecule has 0 bridgehead atoms. The average molecular weight is 347 g/mol. The minimum Gasteiger partial charge on any atom is -0.267 e. The van der Waals surface area contributed by atoms with Gasteiger partial charge in [0, 0.05) is 12.2 Å². The van der Waals surface area contributed by atoms with Crippen LogP contribution in [0.2, 0.25) is 0 Å². The maximum absolute atomic E-state index is 12.4. The fourth-order valence-electron chi connectivity index (χ4n) is 2.27. The summed E-state index contributed by atoms with van der Waals surface area (Å²) in [7, 11) is -3.85. The highest BCUT2D eigenvalue weighted by Gasteiger charge is 2.19. The van der Waals surface area contributed by atoms with Crippen molar-refractivity contribution < 1.29 is 17.2 Å². The molecule has 0 saturated heterocycles. The van der Waals surface area contributed by atoms with Gasteiger partial charge in [-0.3, -0.25) is 4.68 Å². The standard InChI is InChI=1S/C13H19F2N5O2S/c1-9-6-11(3)20(18-9)10(2)4-5-17-23(21,22)12-7-16-19(8-12)13(14)15/h6-8,10,13,17H,4-5H2,1-3H3/t10-/m1/s1. The molecule has 2 heterocycles. The zero-order chi connectivity index (χ0) is 17.2. The van der Waals surface area contributed by atoms with Crippen LogP contribution in [0.25, 0.3) is 0 Å². The van der Waals surface area contributed by atoms with Crippen molar-refractivity contribution in [2.75, 3.05) is 6.54 Å². The Balaban J connectivity index is 1.95. The van der Waals surface area contributed by atoms with Crippen LogP contribution in [0.5, 0.6) is 0 Å². The van der Waals surface area contributed by atoms with Crippen LogP contribution in [0.15, 0.2) is 23.4 Å². The van der Waals surface area contributed by atoms with Gasteiger partial charge in [0.2, 0.25) is 10.0 Å². The van der Waals surface area contributed by atoms with Crippen molar-refractivity contribution in [2.45, 2.75) is 44.7 Å². The Bertz CT molecular complexity index is 769. The zero-order valence-electron chi connectivity index (χ0n) is 13.1. The normalized spacial score (nSPS) is 13.7. The van der Waals surface area contributed by atoms with Gasteiger partial charge in [-0.2, -0.15) is 19.0 Å². The first-order valence-electron chi connectivity index (χ1n) is 7.05. The van der Waals surface area contributed by atoms with E-state index in [4.69, 9.17) is 0 Å². The Kier molecular flexibility index (Phi) is 5.15. The van der Waals surface area contributed by atoms with Crippen LogP contribution in [-0.4, -0.2) is 34.5 Å².